The second kappa shape index (κ2) is 9.34. The molecule has 0 saturated carbocycles. The third-order valence-corrected chi connectivity index (χ3v) is 7.05. The minimum absolute atomic E-state index is 0.0935. The number of nitrogens with two attached hydrogens (primary N) is 1. The van der Waals surface area contributed by atoms with E-state index >= 15 is 0 Å². The van der Waals surface area contributed by atoms with Gasteiger partial charge in [0.05, 0.1) is 6.26 Å². The average Bonchev–Trinajstić information content (AvgIpc) is 3.68. The van der Waals surface area contributed by atoms with E-state index in [2.05, 4.69) is 30.2 Å². The fraction of sp³-hybridized carbons (Fsp3) is 0.320. The molecular formula is C25H28N10O3. The summed E-state index contributed by atoms with van der Waals surface area (Å²) in [6.45, 7) is 4.58. The Bertz CT molecular complexity index is 1670. The lowest BCUT2D eigenvalue weighted by Crippen LogP contribution is -2.47. The summed E-state index contributed by atoms with van der Waals surface area (Å²) >= 11 is 0. The zero-order valence-corrected chi connectivity index (χ0v) is 21.2. The van der Waals surface area contributed by atoms with Gasteiger partial charge in [-0.05, 0) is 36.4 Å². The van der Waals surface area contributed by atoms with E-state index in [4.69, 9.17) is 10.2 Å². The van der Waals surface area contributed by atoms with Gasteiger partial charge in [-0.1, -0.05) is 0 Å². The summed E-state index contributed by atoms with van der Waals surface area (Å²) in [5, 5.41) is 7.06. The number of nitrogens with one attached hydrogen (secondary N) is 1. The normalized spacial score (nSPS) is 14.5. The van der Waals surface area contributed by atoms with Crippen molar-refractivity contribution in [1.29, 1.82) is 0 Å². The standard InChI is InChI=1S/C25H28N10O3/c1-27-23(36)16-5-7-17(8-6-16)33-12-9-32(10-13-33)11-14-34-21-19(31(2)25(34)37)22-28-20(18-4-3-15-38-18)30-35(22)24(26)29-21/h3-8,15H,9-14H2,1-2H3,(H2,26,29)(H,27,36). The molecule has 5 aromatic rings. The molecule has 1 aromatic carbocycles. The van der Waals surface area contributed by atoms with Gasteiger partial charge in [-0.2, -0.15) is 9.50 Å². The quantitative estimate of drug-likeness (QED) is 0.335. The van der Waals surface area contributed by atoms with Crippen molar-refractivity contribution in [3.05, 3.63) is 58.7 Å². The van der Waals surface area contributed by atoms with Crippen molar-refractivity contribution in [2.24, 2.45) is 7.05 Å². The van der Waals surface area contributed by atoms with Gasteiger partial charge in [0.15, 0.2) is 17.1 Å². The van der Waals surface area contributed by atoms with E-state index in [1.807, 2.05) is 24.3 Å². The second-order valence-corrected chi connectivity index (χ2v) is 9.24. The minimum Gasteiger partial charge on any atom is -0.461 e. The van der Waals surface area contributed by atoms with E-state index in [1.54, 1.807) is 37.1 Å². The molecule has 6 rings (SSSR count). The van der Waals surface area contributed by atoms with Crippen molar-refractivity contribution in [3.8, 4) is 11.6 Å². The largest absolute Gasteiger partial charge is 0.461 e. The van der Waals surface area contributed by atoms with E-state index in [0.29, 0.717) is 47.0 Å². The van der Waals surface area contributed by atoms with Crippen LogP contribution in [-0.2, 0) is 13.6 Å². The van der Waals surface area contributed by atoms with Gasteiger partial charge in [0.1, 0.15) is 5.52 Å². The van der Waals surface area contributed by atoms with Gasteiger partial charge in [-0.3, -0.25) is 18.8 Å². The van der Waals surface area contributed by atoms with E-state index in [0.717, 1.165) is 31.9 Å². The number of hydrogen-bond acceptors (Lipinski definition) is 9. The highest BCUT2D eigenvalue weighted by Crippen LogP contribution is 2.23. The molecule has 0 radical (unpaired) electrons. The van der Waals surface area contributed by atoms with Gasteiger partial charge in [0, 0.05) is 64.6 Å². The fourth-order valence-electron chi connectivity index (χ4n) is 4.94. The zero-order valence-electron chi connectivity index (χ0n) is 21.2. The number of imidazole rings is 1. The van der Waals surface area contributed by atoms with Gasteiger partial charge >= 0.3 is 5.69 Å². The number of rotatable bonds is 6. The molecule has 0 bridgehead atoms. The molecule has 1 aliphatic heterocycles. The van der Waals surface area contributed by atoms with Crippen LogP contribution in [0.4, 0.5) is 11.6 Å². The number of benzene rings is 1. The molecule has 1 fully saturated rings. The van der Waals surface area contributed by atoms with Crippen LogP contribution in [0.15, 0.2) is 51.9 Å². The molecule has 4 aromatic heterocycles. The number of piperazine rings is 1. The number of fused-ring (bicyclic) bond motifs is 3. The Balaban J connectivity index is 1.19. The first-order valence-electron chi connectivity index (χ1n) is 12.4. The van der Waals surface area contributed by atoms with Crippen LogP contribution in [0.1, 0.15) is 10.4 Å². The number of aromatic nitrogens is 6. The predicted molar refractivity (Wildman–Crippen MR) is 142 cm³/mol. The molecule has 38 heavy (non-hydrogen) atoms. The van der Waals surface area contributed by atoms with E-state index in [-0.39, 0.29) is 17.5 Å². The van der Waals surface area contributed by atoms with Crippen LogP contribution in [0.2, 0.25) is 0 Å². The first kappa shape index (κ1) is 23.7. The van der Waals surface area contributed by atoms with Crippen LogP contribution in [0.5, 0.6) is 0 Å². The first-order valence-corrected chi connectivity index (χ1v) is 12.4. The Hall–Kier alpha value is -4.65. The molecule has 0 spiro atoms. The maximum atomic E-state index is 13.2. The molecule has 13 heteroatoms. The summed E-state index contributed by atoms with van der Waals surface area (Å²) in [6.07, 6.45) is 1.55. The Labute approximate surface area is 217 Å². The van der Waals surface area contributed by atoms with Gasteiger partial charge < -0.3 is 20.4 Å². The van der Waals surface area contributed by atoms with Crippen LogP contribution in [0.3, 0.4) is 0 Å². The minimum atomic E-state index is -0.183. The molecule has 13 nitrogen and oxygen atoms in total. The molecule has 0 aliphatic carbocycles. The van der Waals surface area contributed by atoms with Crippen LogP contribution < -0.4 is 21.6 Å². The lowest BCUT2D eigenvalue weighted by molar-refractivity contribution is 0.0963. The van der Waals surface area contributed by atoms with Gasteiger partial charge in [0.2, 0.25) is 11.8 Å². The van der Waals surface area contributed by atoms with Crippen molar-refractivity contribution in [1.82, 2.24) is 38.9 Å². The molecule has 0 unspecified atom stereocenters. The van der Waals surface area contributed by atoms with Crippen molar-refractivity contribution in [2.75, 3.05) is 50.4 Å². The Kier molecular flexibility index (Phi) is 5.83. The number of aryl methyl sites for hydroxylation is 1. The van der Waals surface area contributed by atoms with Gasteiger partial charge in [-0.15, -0.1) is 5.10 Å². The fourth-order valence-corrected chi connectivity index (χ4v) is 4.94. The number of nitrogens with zero attached hydrogens (tertiary/aromatic N) is 8. The second-order valence-electron chi connectivity index (χ2n) is 9.24. The number of carbonyl (C=O) groups excluding carboxylic acids is 1. The molecular weight excluding hydrogens is 488 g/mol. The summed E-state index contributed by atoms with van der Waals surface area (Å²) in [6, 6.07) is 11.2. The SMILES string of the molecule is CNC(=O)c1ccc(N2CCN(CCn3c(=O)n(C)c4c3nc(N)n3nc(-c5ccco5)nc43)CC2)cc1. The molecule has 1 saturated heterocycles. The number of nitrogen functional groups attached to an aromatic ring is 1. The van der Waals surface area contributed by atoms with E-state index in [1.165, 1.54) is 9.08 Å². The van der Waals surface area contributed by atoms with Crippen LogP contribution in [0, 0.1) is 0 Å². The van der Waals surface area contributed by atoms with Crippen molar-refractivity contribution < 1.29 is 9.21 Å². The van der Waals surface area contributed by atoms with Crippen LogP contribution in [0.25, 0.3) is 28.4 Å². The molecule has 1 aliphatic rings. The number of anilines is 2. The Morgan fingerprint density at radius 2 is 1.82 bits per heavy atom. The third kappa shape index (κ3) is 3.96. The predicted octanol–water partition coefficient (Wildman–Crippen LogP) is 0.802. The lowest BCUT2D eigenvalue weighted by Gasteiger charge is -2.36. The monoisotopic (exact) mass is 516 g/mol. The van der Waals surface area contributed by atoms with E-state index in [9.17, 15) is 9.59 Å². The maximum Gasteiger partial charge on any atom is 0.330 e. The highest BCUT2D eigenvalue weighted by Gasteiger charge is 2.23. The molecule has 0 atom stereocenters. The summed E-state index contributed by atoms with van der Waals surface area (Å²) < 4.78 is 10.0. The summed E-state index contributed by atoms with van der Waals surface area (Å²) in [5.74, 6) is 0.932. The van der Waals surface area contributed by atoms with Crippen molar-refractivity contribution in [3.63, 3.8) is 0 Å². The van der Waals surface area contributed by atoms with Crippen molar-refractivity contribution >= 4 is 34.4 Å². The zero-order chi connectivity index (χ0) is 26.4. The highest BCUT2D eigenvalue weighted by molar-refractivity contribution is 5.94. The summed E-state index contributed by atoms with van der Waals surface area (Å²) in [5.41, 5.74) is 9.27. The van der Waals surface area contributed by atoms with Crippen LogP contribution >= 0.6 is 0 Å². The van der Waals surface area contributed by atoms with Crippen molar-refractivity contribution in [2.45, 2.75) is 6.54 Å². The van der Waals surface area contributed by atoms with Gasteiger partial charge in [-0.25, -0.2) is 9.78 Å². The third-order valence-electron chi connectivity index (χ3n) is 7.05. The molecule has 1 amide bonds. The summed E-state index contributed by atoms with van der Waals surface area (Å²) in [4.78, 5) is 38.7. The Morgan fingerprint density at radius 1 is 1.05 bits per heavy atom. The number of amides is 1. The molecule has 196 valence electrons. The lowest BCUT2D eigenvalue weighted by atomic mass is 10.1. The first-order chi connectivity index (χ1) is 18.4. The topological polar surface area (TPSA) is 145 Å². The summed E-state index contributed by atoms with van der Waals surface area (Å²) in [7, 11) is 3.33. The number of furan rings is 1. The smallest absolute Gasteiger partial charge is 0.330 e. The average molecular weight is 517 g/mol. The number of hydrogen-bond donors (Lipinski definition) is 2. The maximum absolute atomic E-state index is 13.2. The van der Waals surface area contributed by atoms with Crippen LogP contribution in [-0.4, -0.2) is 79.3 Å². The molecule has 5 heterocycles. The highest BCUT2D eigenvalue weighted by atomic mass is 16.3. The van der Waals surface area contributed by atoms with E-state index < -0.39 is 0 Å². The molecule has 3 N–H and O–H groups in total. The Morgan fingerprint density at radius 3 is 2.50 bits per heavy atom. The number of carbonyl (C=O) groups is 1. The van der Waals surface area contributed by atoms with Gasteiger partial charge in [0.25, 0.3) is 5.91 Å².